The Bertz CT molecular complexity index is 705. The molecule has 1 saturated carbocycles. The predicted octanol–water partition coefficient (Wildman–Crippen LogP) is 3.41. The van der Waals surface area contributed by atoms with Gasteiger partial charge in [0, 0.05) is 17.8 Å². The molecular weight excluding hydrogens is 300 g/mol. The van der Waals surface area contributed by atoms with Crippen molar-refractivity contribution in [2.75, 3.05) is 0 Å². The summed E-state index contributed by atoms with van der Waals surface area (Å²) < 4.78 is 1.73. The summed E-state index contributed by atoms with van der Waals surface area (Å²) in [5.41, 5.74) is 1.19. The molecule has 1 N–H and O–H groups in total. The van der Waals surface area contributed by atoms with E-state index in [2.05, 4.69) is 12.2 Å². The van der Waals surface area contributed by atoms with Crippen LogP contribution in [0.25, 0.3) is 0 Å². The Morgan fingerprint density at radius 3 is 2.58 bits per heavy atom. The van der Waals surface area contributed by atoms with Crippen LogP contribution in [0.15, 0.2) is 48.7 Å². The van der Waals surface area contributed by atoms with Crippen molar-refractivity contribution in [3.63, 3.8) is 0 Å². The summed E-state index contributed by atoms with van der Waals surface area (Å²) in [7, 11) is 0. The predicted molar refractivity (Wildman–Crippen MR) is 93.9 cm³/mol. The highest BCUT2D eigenvalue weighted by Crippen LogP contribution is 2.23. The molecule has 0 bridgehead atoms. The van der Waals surface area contributed by atoms with Crippen LogP contribution >= 0.6 is 0 Å². The van der Waals surface area contributed by atoms with Crippen molar-refractivity contribution in [2.24, 2.45) is 5.92 Å². The van der Waals surface area contributed by atoms with E-state index >= 15 is 0 Å². The van der Waals surface area contributed by atoms with Gasteiger partial charge in [-0.05, 0) is 30.9 Å². The van der Waals surface area contributed by atoms with Crippen molar-refractivity contribution in [1.29, 1.82) is 0 Å². The SMILES string of the molecule is C[C@H]1CCCC[C@@H]1NC(=O)Cn1cccc1C(=O)c1ccccc1. The van der Waals surface area contributed by atoms with E-state index in [-0.39, 0.29) is 24.3 Å². The molecule has 4 heteroatoms. The van der Waals surface area contributed by atoms with Crippen LogP contribution in [0.4, 0.5) is 0 Å². The van der Waals surface area contributed by atoms with E-state index in [0.29, 0.717) is 17.2 Å². The van der Waals surface area contributed by atoms with Gasteiger partial charge in [-0.3, -0.25) is 9.59 Å². The third-order valence-electron chi connectivity index (χ3n) is 4.87. The second-order valence-corrected chi connectivity index (χ2v) is 6.65. The van der Waals surface area contributed by atoms with Crippen molar-refractivity contribution in [3.05, 3.63) is 59.9 Å². The molecule has 0 aliphatic heterocycles. The Labute approximate surface area is 142 Å². The standard InChI is InChI=1S/C20H24N2O2/c1-15-8-5-6-11-17(15)21-19(23)14-22-13-7-12-18(22)20(24)16-9-3-2-4-10-16/h2-4,7,9-10,12-13,15,17H,5-6,8,11,14H2,1H3,(H,21,23)/t15-,17-/m0/s1. The third kappa shape index (κ3) is 3.75. The lowest BCUT2D eigenvalue weighted by atomic mass is 9.86. The van der Waals surface area contributed by atoms with Gasteiger partial charge in [0.15, 0.2) is 0 Å². The van der Waals surface area contributed by atoms with Gasteiger partial charge in [-0.15, -0.1) is 0 Å². The fourth-order valence-electron chi connectivity index (χ4n) is 3.43. The number of ketones is 1. The van der Waals surface area contributed by atoms with Gasteiger partial charge in [0.1, 0.15) is 6.54 Å². The zero-order valence-corrected chi connectivity index (χ0v) is 14.1. The highest BCUT2D eigenvalue weighted by molar-refractivity contribution is 6.08. The molecule has 1 fully saturated rings. The smallest absolute Gasteiger partial charge is 0.240 e. The zero-order chi connectivity index (χ0) is 16.9. The Morgan fingerprint density at radius 1 is 1.08 bits per heavy atom. The molecule has 24 heavy (non-hydrogen) atoms. The highest BCUT2D eigenvalue weighted by Gasteiger charge is 2.23. The Morgan fingerprint density at radius 2 is 1.83 bits per heavy atom. The maximum absolute atomic E-state index is 12.6. The molecule has 1 aromatic heterocycles. The van der Waals surface area contributed by atoms with Crippen molar-refractivity contribution >= 4 is 11.7 Å². The first-order valence-electron chi connectivity index (χ1n) is 8.69. The fourth-order valence-corrected chi connectivity index (χ4v) is 3.43. The minimum absolute atomic E-state index is 0.0212. The molecule has 1 aliphatic carbocycles. The lowest BCUT2D eigenvalue weighted by Gasteiger charge is -2.29. The van der Waals surface area contributed by atoms with Crippen LogP contribution in [0.3, 0.4) is 0 Å². The van der Waals surface area contributed by atoms with E-state index in [9.17, 15) is 9.59 Å². The molecule has 0 saturated heterocycles. The van der Waals surface area contributed by atoms with Gasteiger partial charge in [0.25, 0.3) is 0 Å². The minimum atomic E-state index is -0.0561. The van der Waals surface area contributed by atoms with Gasteiger partial charge >= 0.3 is 0 Å². The molecule has 1 amide bonds. The topological polar surface area (TPSA) is 51.1 Å². The number of carbonyl (C=O) groups is 2. The lowest BCUT2D eigenvalue weighted by Crippen LogP contribution is -2.42. The fraction of sp³-hybridized carbons (Fsp3) is 0.400. The number of hydrogen-bond acceptors (Lipinski definition) is 2. The summed E-state index contributed by atoms with van der Waals surface area (Å²) in [4.78, 5) is 25.0. The van der Waals surface area contributed by atoms with Crippen molar-refractivity contribution < 1.29 is 9.59 Å². The molecule has 0 spiro atoms. The third-order valence-corrected chi connectivity index (χ3v) is 4.87. The van der Waals surface area contributed by atoms with E-state index in [1.807, 2.05) is 24.3 Å². The first-order valence-corrected chi connectivity index (χ1v) is 8.69. The van der Waals surface area contributed by atoms with Crippen LogP contribution in [0, 0.1) is 5.92 Å². The van der Waals surface area contributed by atoms with Gasteiger partial charge < -0.3 is 9.88 Å². The molecular formula is C20H24N2O2. The van der Waals surface area contributed by atoms with Gasteiger partial charge in [0.05, 0.1) is 5.69 Å². The molecule has 2 aromatic rings. The number of nitrogens with zero attached hydrogens (tertiary/aromatic N) is 1. The molecule has 1 heterocycles. The summed E-state index contributed by atoms with van der Waals surface area (Å²) in [5, 5.41) is 3.14. The number of hydrogen-bond donors (Lipinski definition) is 1. The van der Waals surface area contributed by atoms with E-state index in [0.717, 1.165) is 6.42 Å². The van der Waals surface area contributed by atoms with Crippen molar-refractivity contribution in [2.45, 2.75) is 45.2 Å². The average Bonchev–Trinajstić information content (AvgIpc) is 3.05. The highest BCUT2D eigenvalue weighted by atomic mass is 16.2. The van der Waals surface area contributed by atoms with E-state index in [1.54, 1.807) is 29.0 Å². The summed E-state index contributed by atoms with van der Waals surface area (Å²) >= 11 is 0. The second-order valence-electron chi connectivity index (χ2n) is 6.65. The van der Waals surface area contributed by atoms with Gasteiger partial charge in [0.2, 0.25) is 11.7 Å². The average molecular weight is 324 g/mol. The van der Waals surface area contributed by atoms with Gasteiger partial charge in [-0.25, -0.2) is 0 Å². The maximum Gasteiger partial charge on any atom is 0.240 e. The van der Waals surface area contributed by atoms with E-state index in [1.165, 1.54) is 19.3 Å². The van der Waals surface area contributed by atoms with E-state index < -0.39 is 0 Å². The second kappa shape index (κ2) is 7.47. The maximum atomic E-state index is 12.6. The monoisotopic (exact) mass is 324 g/mol. The van der Waals surface area contributed by atoms with Crippen LogP contribution in [0.1, 0.15) is 48.7 Å². The van der Waals surface area contributed by atoms with Crippen LogP contribution in [-0.2, 0) is 11.3 Å². The van der Waals surface area contributed by atoms with Crippen molar-refractivity contribution in [1.82, 2.24) is 9.88 Å². The summed E-state index contributed by atoms with van der Waals surface area (Å²) in [6, 6.07) is 13.0. The molecule has 4 nitrogen and oxygen atoms in total. The van der Waals surface area contributed by atoms with E-state index in [4.69, 9.17) is 0 Å². The van der Waals surface area contributed by atoms with Gasteiger partial charge in [-0.2, -0.15) is 0 Å². The summed E-state index contributed by atoms with van der Waals surface area (Å²) in [6.45, 7) is 2.38. The summed E-state index contributed by atoms with van der Waals surface area (Å²) in [5.74, 6) is 0.448. The van der Waals surface area contributed by atoms with Crippen LogP contribution in [0.5, 0.6) is 0 Å². The van der Waals surface area contributed by atoms with Crippen LogP contribution in [0.2, 0.25) is 0 Å². The molecule has 126 valence electrons. The number of nitrogens with one attached hydrogen (secondary N) is 1. The Balaban J connectivity index is 1.67. The number of amides is 1. The molecule has 0 radical (unpaired) electrons. The number of rotatable bonds is 5. The summed E-state index contributed by atoms with van der Waals surface area (Å²) in [6.07, 6.45) is 6.44. The zero-order valence-electron chi connectivity index (χ0n) is 14.1. The number of benzene rings is 1. The largest absolute Gasteiger partial charge is 0.352 e. The first-order chi connectivity index (χ1) is 11.6. The molecule has 2 atom stereocenters. The van der Waals surface area contributed by atoms with Crippen molar-refractivity contribution in [3.8, 4) is 0 Å². The van der Waals surface area contributed by atoms with Crippen LogP contribution < -0.4 is 5.32 Å². The molecule has 3 rings (SSSR count). The Hall–Kier alpha value is -2.36. The Kier molecular flexibility index (Phi) is 5.14. The molecule has 0 unspecified atom stereocenters. The van der Waals surface area contributed by atoms with Crippen LogP contribution in [-0.4, -0.2) is 22.3 Å². The first kappa shape index (κ1) is 16.5. The molecule has 1 aliphatic rings. The van der Waals surface area contributed by atoms with Gasteiger partial charge in [-0.1, -0.05) is 50.1 Å². The molecule has 1 aromatic carbocycles. The normalized spacial score (nSPS) is 20.5. The minimum Gasteiger partial charge on any atom is -0.352 e. The lowest BCUT2D eigenvalue weighted by molar-refractivity contribution is -0.122. The number of carbonyl (C=O) groups excluding carboxylic acids is 2. The number of aromatic nitrogens is 1. The quantitative estimate of drug-likeness (QED) is 0.857.